The number of anilines is 1. The third kappa shape index (κ3) is 2.10. The van der Waals surface area contributed by atoms with Crippen molar-refractivity contribution < 1.29 is 4.79 Å². The molecule has 0 saturated heterocycles. The molecule has 4 rings (SSSR count). The zero-order valence-corrected chi connectivity index (χ0v) is 13.4. The van der Waals surface area contributed by atoms with Crippen molar-refractivity contribution in [2.24, 2.45) is 23.2 Å². The molecular weight excluding hydrogens is 305 g/mol. The predicted molar refractivity (Wildman–Crippen MR) is 85.7 cm³/mol. The van der Waals surface area contributed by atoms with Crippen LogP contribution in [0.5, 0.6) is 0 Å². The summed E-state index contributed by atoms with van der Waals surface area (Å²) in [5.41, 5.74) is 0.546. The summed E-state index contributed by atoms with van der Waals surface area (Å²) >= 11 is 12.1. The van der Waals surface area contributed by atoms with Gasteiger partial charge in [0, 0.05) is 5.02 Å². The predicted octanol–water partition coefficient (Wildman–Crippen LogP) is 5.15. The molecule has 0 spiro atoms. The zero-order chi connectivity index (χ0) is 14.6. The van der Waals surface area contributed by atoms with E-state index in [1.807, 2.05) is 0 Å². The van der Waals surface area contributed by atoms with Crippen molar-refractivity contribution in [3.8, 4) is 0 Å². The van der Waals surface area contributed by atoms with Crippen LogP contribution >= 0.6 is 23.2 Å². The number of rotatable bonds is 2. The first-order chi connectivity index (χ1) is 10.1. The van der Waals surface area contributed by atoms with E-state index in [2.05, 4.69) is 5.32 Å². The average Bonchev–Trinajstić information content (AvgIpc) is 2.96. The lowest BCUT2D eigenvalue weighted by molar-refractivity contribution is -0.129. The monoisotopic (exact) mass is 323 g/mol. The maximum Gasteiger partial charge on any atom is 0.230 e. The highest BCUT2D eigenvalue weighted by Gasteiger charge is 2.59. The Balaban J connectivity index is 1.60. The maximum atomic E-state index is 13.0. The molecule has 3 aliphatic rings. The smallest absolute Gasteiger partial charge is 0.230 e. The van der Waals surface area contributed by atoms with Gasteiger partial charge >= 0.3 is 0 Å². The third-order valence-electron chi connectivity index (χ3n) is 6.09. The van der Waals surface area contributed by atoms with E-state index in [1.165, 1.54) is 25.7 Å². The lowest BCUT2D eigenvalue weighted by Crippen LogP contribution is -2.41. The van der Waals surface area contributed by atoms with Crippen molar-refractivity contribution >= 4 is 34.8 Å². The highest BCUT2D eigenvalue weighted by molar-refractivity contribution is 6.36. The number of hydrogen-bond donors (Lipinski definition) is 1. The van der Waals surface area contributed by atoms with Crippen LogP contribution in [0.1, 0.15) is 38.5 Å². The van der Waals surface area contributed by atoms with Gasteiger partial charge in [0.15, 0.2) is 0 Å². The highest BCUT2D eigenvalue weighted by Crippen LogP contribution is 2.63. The Morgan fingerprint density at radius 2 is 2.00 bits per heavy atom. The molecule has 1 aromatic carbocycles. The molecule has 21 heavy (non-hydrogen) atoms. The van der Waals surface area contributed by atoms with Crippen LogP contribution in [0.15, 0.2) is 18.2 Å². The van der Waals surface area contributed by atoms with Crippen LogP contribution in [-0.4, -0.2) is 5.91 Å². The first-order valence-electron chi connectivity index (χ1n) is 7.85. The minimum atomic E-state index is -0.138. The summed E-state index contributed by atoms with van der Waals surface area (Å²) in [6, 6.07) is 5.25. The molecule has 4 heteroatoms. The van der Waals surface area contributed by atoms with Gasteiger partial charge in [-0.3, -0.25) is 4.79 Å². The second kappa shape index (κ2) is 4.89. The lowest BCUT2D eigenvalue weighted by atomic mass is 9.67. The number of amides is 1. The van der Waals surface area contributed by atoms with Crippen LogP contribution in [0.4, 0.5) is 5.69 Å². The topological polar surface area (TPSA) is 29.1 Å². The van der Waals surface area contributed by atoms with Crippen molar-refractivity contribution in [1.82, 2.24) is 0 Å². The van der Waals surface area contributed by atoms with Gasteiger partial charge in [-0.25, -0.2) is 0 Å². The SMILES string of the molecule is O=C(Nc1ccc(Cl)cc1Cl)[C@@]12CC[C@H]3C[C@H](CC1)[C@@H]2C3. The molecule has 4 atom stereocenters. The summed E-state index contributed by atoms with van der Waals surface area (Å²) in [5, 5.41) is 4.19. The van der Waals surface area contributed by atoms with Gasteiger partial charge < -0.3 is 5.32 Å². The van der Waals surface area contributed by atoms with E-state index < -0.39 is 0 Å². The fourth-order valence-corrected chi connectivity index (χ4v) is 5.56. The number of nitrogens with one attached hydrogen (secondary N) is 1. The van der Waals surface area contributed by atoms with Gasteiger partial charge in [-0.15, -0.1) is 0 Å². The number of halogens is 2. The van der Waals surface area contributed by atoms with Crippen LogP contribution in [0.25, 0.3) is 0 Å². The second-order valence-corrected chi connectivity index (χ2v) is 7.86. The van der Waals surface area contributed by atoms with E-state index >= 15 is 0 Å². The summed E-state index contributed by atoms with van der Waals surface area (Å²) in [5.74, 6) is 2.44. The Bertz CT molecular complexity index is 602. The van der Waals surface area contributed by atoms with E-state index in [-0.39, 0.29) is 11.3 Å². The van der Waals surface area contributed by atoms with Crippen molar-refractivity contribution in [3.05, 3.63) is 28.2 Å². The second-order valence-electron chi connectivity index (χ2n) is 7.02. The molecule has 1 N–H and O–H groups in total. The minimum absolute atomic E-state index is 0.138. The molecule has 0 radical (unpaired) electrons. The normalized spacial score (nSPS) is 36.8. The molecule has 2 bridgehead atoms. The number of benzene rings is 1. The fraction of sp³-hybridized carbons (Fsp3) is 0.588. The molecule has 1 aromatic rings. The summed E-state index contributed by atoms with van der Waals surface area (Å²) in [6.07, 6.45) is 7.15. The molecule has 112 valence electrons. The van der Waals surface area contributed by atoms with E-state index in [1.54, 1.807) is 18.2 Å². The molecule has 3 fully saturated rings. The first kappa shape index (κ1) is 13.9. The molecule has 0 aromatic heterocycles. The van der Waals surface area contributed by atoms with E-state index in [0.717, 1.165) is 24.7 Å². The standard InChI is InChI=1S/C17H19Cl2NO/c18-12-1-2-15(14(19)9-12)20-16(21)17-5-3-10-7-11(4-6-17)13(17)8-10/h1-2,9-11,13H,3-8H2,(H,20,21)/t10-,11-,13-,17-/m0/s1. The summed E-state index contributed by atoms with van der Waals surface area (Å²) in [6.45, 7) is 0. The van der Waals surface area contributed by atoms with Crippen molar-refractivity contribution in [1.29, 1.82) is 0 Å². The Morgan fingerprint density at radius 1 is 1.19 bits per heavy atom. The molecule has 3 aliphatic carbocycles. The summed E-state index contributed by atoms with van der Waals surface area (Å²) in [4.78, 5) is 13.0. The molecule has 2 nitrogen and oxygen atoms in total. The van der Waals surface area contributed by atoms with Crippen LogP contribution in [0.2, 0.25) is 10.0 Å². The van der Waals surface area contributed by atoms with E-state index in [9.17, 15) is 4.79 Å². The number of carbonyl (C=O) groups is 1. The van der Waals surface area contributed by atoms with Gasteiger partial charge in [0.2, 0.25) is 5.91 Å². The maximum absolute atomic E-state index is 13.0. The van der Waals surface area contributed by atoms with Crippen molar-refractivity contribution in [2.75, 3.05) is 5.32 Å². The van der Waals surface area contributed by atoms with Gasteiger partial charge in [-0.2, -0.15) is 0 Å². The van der Waals surface area contributed by atoms with Gasteiger partial charge in [0.05, 0.1) is 16.1 Å². The van der Waals surface area contributed by atoms with Gasteiger partial charge in [0.1, 0.15) is 0 Å². The quantitative estimate of drug-likeness (QED) is 0.801. The number of fused-ring (bicyclic) bond motifs is 1. The van der Waals surface area contributed by atoms with Gasteiger partial charge in [0.25, 0.3) is 0 Å². The first-order valence-corrected chi connectivity index (χ1v) is 8.60. The molecule has 3 saturated carbocycles. The van der Waals surface area contributed by atoms with Crippen LogP contribution in [0, 0.1) is 23.2 Å². The zero-order valence-electron chi connectivity index (χ0n) is 11.9. The van der Waals surface area contributed by atoms with Crippen LogP contribution < -0.4 is 5.32 Å². The third-order valence-corrected chi connectivity index (χ3v) is 6.64. The van der Waals surface area contributed by atoms with E-state index in [0.29, 0.717) is 21.7 Å². The van der Waals surface area contributed by atoms with Crippen LogP contribution in [-0.2, 0) is 4.79 Å². The fourth-order valence-electron chi connectivity index (χ4n) is 5.11. The summed E-state index contributed by atoms with van der Waals surface area (Å²) < 4.78 is 0. The Morgan fingerprint density at radius 3 is 2.81 bits per heavy atom. The molecule has 0 unspecified atom stereocenters. The highest BCUT2D eigenvalue weighted by atomic mass is 35.5. The van der Waals surface area contributed by atoms with E-state index in [4.69, 9.17) is 23.2 Å². The van der Waals surface area contributed by atoms with Crippen LogP contribution in [0.3, 0.4) is 0 Å². The van der Waals surface area contributed by atoms with Gasteiger partial charge in [-0.05, 0) is 74.5 Å². The minimum Gasteiger partial charge on any atom is -0.324 e. The van der Waals surface area contributed by atoms with Crippen molar-refractivity contribution in [3.63, 3.8) is 0 Å². The Hall–Kier alpha value is -0.730. The number of hydrogen-bond acceptors (Lipinski definition) is 1. The number of carbonyl (C=O) groups excluding carboxylic acids is 1. The summed E-state index contributed by atoms with van der Waals surface area (Å²) in [7, 11) is 0. The molecule has 0 heterocycles. The molecule has 0 aliphatic heterocycles. The Labute approximate surface area is 135 Å². The van der Waals surface area contributed by atoms with Crippen molar-refractivity contribution in [2.45, 2.75) is 38.5 Å². The molecular formula is C17H19Cl2NO. The Kier molecular flexibility index (Phi) is 3.24. The average molecular weight is 324 g/mol. The van der Waals surface area contributed by atoms with Gasteiger partial charge in [-0.1, -0.05) is 23.2 Å². The molecule has 1 amide bonds. The lowest BCUT2D eigenvalue weighted by Gasteiger charge is -2.38. The largest absolute Gasteiger partial charge is 0.324 e.